The third-order valence-corrected chi connectivity index (χ3v) is 7.07. The van der Waals surface area contributed by atoms with E-state index in [1.165, 1.54) is 6.07 Å². The fourth-order valence-electron chi connectivity index (χ4n) is 4.05. The van der Waals surface area contributed by atoms with Gasteiger partial charge in [-0.25, -0.2) is 9.37 Å². The topological polar surface area (TPSA) is 75.4 Å². The first-order valence-electron chi connectivity index (χ1n) is 11.6. The lowest BCUT2D eigenvalue weighted by Crippen LogP contribution is -2.48. The minimum absolute atomic E-state index is 0.0748. The van der Waals surface area contributed by atoms with Gasteiger partial charge in [-0.2, -0.15) is 4.98 Å². The van der Waals surface area contributed by atoms with Crippen molar-refractivity contribution in [2.24, 2.45) is 0 Å². The molecule has 0 N–H and O–H groups in total. The van der Waals surface area contributed by atoms with E-state index in [1.807, 2.05) is 23.1 Å². The highest BCUT2D eigenvalue weighted by atomic mass is 32.1. The smallest absolute Gasteiger partial charge is 0.227 e. The van der Waals surface area contributed by atoms with Crippen LogP contribution in [-0.2, 0) is 17.8 Å². The minimum atomic E-state index is -0.311. The number of benzene rings is 2. The van der Waals surface area contributed by atoms with Gasteiger partial charge < -0.3 is 9.42 Å². The third kappa shape index (κ3) is 5.63. The van der Waals surface area contributed by atoms with Crippen LogP contribution in [0.4, 0.5) is 4.39 Å². The standard InChI is InChI=1S/C26H26FN5O2S/c1-18-7-8-20(15-22(18)27)25-29-23(34-30-25)9-10-24(33)32-13-11-31(12-14-32)16-21-17-35-26(28-21)19-5-3-2-4-6-19/h2-8,15,17H,9-14,16H2,1H3. The molecular weight excluding hydrogens is 465 g/mol. The molecule has 7 nitrogen and oxygen atoms in total. The first-order valence-corrected chi connectivity index (χ1v) is 12.5. The summed E-state index contributed by atoms with van der Waals surface area (Å²) in [6.07, 6.45) is 0.665. The van der Waals surface area contributed by atoms with E-state index in [9.17, 15) is 9.18 Å². The second-order valence-corrected chi connectivity index (χ2v) is 9.50. The van der Waals surface area contributed by atoms with Crippen LogP contribution in [0.1, 0.15) is 23.6 Å². The summed E-state index contributed by atoms with van der Waals surface area (Å²) in [6, 6.07) is 15.0. The fraction of sp³-hybridized carbons (Fsp3) is 0.308. The maximum Gasteiger partial charge on any atom is 0.227 e. The van der Waals surface area contributed by atoms with Gasteiger partial charge in [-0.3, -0.25) is 9.69 Å². The lowest BCUT2D eigenvalue weighted by Gasteiger charge is -2.34. The maximum atomic E-state index is 13.8. The zero-order chi connectivity index (χ0) is 24.2. The molecule has 0 bridgehead atoms. The van der Waals surface area contributed by atoms with E-state index < -0.39 is 0 Å². The van der Waals surface area contributed by atoms with E-state index in [1.54, 1.807) is 30.4 Å². The number of carbonyl (C=O) groups excluding carboxylic acids is 1. The summed E-state index contributed by atoms with van der Waals surface area (Å²) in [5, 5.41) is 7.08. The highest BCUT2D eigenvalue weighted by molar-refractivity contribution is 7.13. The number of nitrogens with zero attached hydrogens (tertiary/aromatic N) is 5. The van der Waals surface area contributed by atoms with Gasteiger partial charge in [0.05, 0.1) is 5.69 Å². The van der Waals surface area contributed by atoms with E-state index in [-0.39, 0.29) is 11.7 Å². The number of thiazole rings is 1. The van der Waals surface area contributed by atoms with Gasteiger partial charge in [0, 0.05) is 62.1 Å². The molecule has 0 unspecified atom stereocenters. The Balaban J connectivity index is 1.08. The van der Waals surface area contributed by atoms with Crippen LogP contribution in [0, 0.1) is 12.7 Å². The molecule has 2 aromatic heterocycles. The molecule has 4 aromatic rings. The molecule has 1 amide bonds. The molecule has 0 aliphatic carbocycles. The molecule has 2 aromatic carbocycles. The Labute approximate surface area is 207 Å². The number of rotatable bonds is 7. The van der Waals surface area contributed by atoms with Gasteiger partial charge in [-0.15, -0.1) is 11.3 Å². The summed E-state index contributed by atoms with van der Waals surface area (Å²) < 4.78 is 19.1. The Hall–Kier alpha value is -3.43. The Morgan fingerprint density at radius 1 is 1.06 bits per heavy atom. The zero-order valence-corrected chi connectivity index (χ0v) is 20.3. The molecule has 0 atom stereocenters. The van der Waals surface area contributed by atoms with Crippen molar-refractivity contribution in [3.05, 3.63) is 76.9 Å². The van der Waals surface area contributed by atoms with Crippen molar-refractivity contribution in [3.63, 3.8) is 0 Å². The maximum absolute atomic E-state index is 13.8. The third-order valence-electron chi connectivity index (χ3n) is 6.13. The molecule has 0 saturated carbocycles. The largest absolute Gasteiger partial charge is 0.340 e. The summed E-state index contributed by atoms with van der Waals surface area (Å²) in [7, 11) is 0. The van der Waals surface area contributed by atoms with Crippen LogP contribution in [0.2, 0.25) is 0 Å². The van der Waals surface area contributed by atoms with Gasteiger partial charge in [0.15, 0.2) is 0 Å². The van der Waals surface area contributed by atoms with Crippen LogP contribution in [0.25, 0.3) is 22.0 Å². The van der Waals surface area contributed by atoms with Crippen LogP contribution >= 0.6 is 11.3 Å². The average Bonchev–Trinajstić information content (AvgIpc) is 3.55. The Bertz CT molecular complexity index is 1300. The second kappa shape index (κ2) is 10.5. The first kappa shape index (κ1) is 23.3. The summed E-state index contributed by atoms with van der Waals surface area (Å²) in [5.74, 6) is 0.475. The number of aromatic nitrogens is 3. The zero-order valence-electron chi connectivity index (χ0n) is 19.5. The molecule has 180 valence electrons. The average molecular weight is 492 g/mol. The normalized spacial score (nSPS) is 14.4. The van der Waals surface area contributed by atoms with Crippen molar-refractivity contribution in [1.29, 1.82) is 0 Å². The second-order valence-electron chi connectivity index (χ2n) is 8.64. The number of hydrogen-bond donors (Lipinski definition) is 0. The van der Waals surface area contributed by atoms with Crippen molar-refractivity contribution in [1.82, 2.24) is 24.9 Å². The van der Waals surface area contributed by atoms with Crippen molar-refractivity contribution in [3.8, 4) is 22.0 Å². The molecule has 35 heavy (non-hydrogen) atoms. The van der Waals surface area contributed by atoms with Gasteiger partial charge >= 0.3 is 0 Å². The Morgan fingerprint density at radius 3 is 2.63 bits per heavy atom. The van der Waals surface area contributed by atoms with E-state index in [2.05, 4.69) is 32.6 Å². The SMILES string of the molecule is Cc1ccc(-c2noc(CCC(=O)N3CCN(Cc4csc(-c5ccccc5)n4)CC3)n2)cc1F. The van der Waals surface area contributed by atoms with Crippen LogP contribution in [0.3, 0.4) is 0 Å². The summed E-state index contributed by atoms with van der Waals surface area (Å²) in [5.41, 5.74) is 3.32. The monoisotopic (exact) mass is 491 g/mol. The lowest BCUT2D eigenvalue weighted by atomic mass is 10.1. The number of piperazine rings is 1. The number of carbonyl (C=O) groups is 1. The minimum Gasteiger partial charge on any atom is -0.340 e. The molecule has 3 heterocycles. The fourth-order valence-corrected chi connectivity index (χ4v) is 4.87. The molecule has 0 spiro atoms. The van der Waals surface area contributed by atoms with E-state index in [4.69, 9.17) is 9.51 Å². The van der Waals surface area contributed by atoms with Crippen LogP contribution < -0.4 is 0 Å². The molecular formula is C26H26FN5O2S. The van der Waals surface area contributed by atoms with Gasteiger partial charge in [0.25, 0.3) is 0 Å². The summed E-state index contributed by atoms with van der Waals surface area (Å²) in [6.45, 7) is 5.49. The van der Waals surface area contributed by atoms with Crippen molar-refractivity contribution in [2.75, 3.05) is 26.2 Å². The number of amides is 1. The molecule has 9 heteroatoms. The van der Waals surface area contributed by atoms with E-state index in [0.717, 1.165) is 35.9 Å². The number of halogens is 1. The van der Waals surface area contributed by atoms with Crippen LogP contribution in [-0.4, -0.2) is 57.0 Å². The highest BCUT2D eigenvalue weighted by Crippen LogP contribution is 2.24. The molecule has 0 radical (unpaired) electrons. The molecule has 1 aliphatic rings. The van der Waals surface area contributed by atoms with Crippen molar-refractivity contribution >= 4 is 17.2 Å². The Morgan fingerprint density at radius 2 is 1.86 bits per heavy atom. The predicted octanol–water partition coefficient (Wildman–Crippen LogP) is 4.58. The number of hydrogen-bond acceptors (Lipinski definition) is 7. The molecule has 1 aliphatic heterocycles. The van der Waals surface area contributed by atoms with Crippen LogP contribution in [0.15, 0.2) is 58.4 Å². The van der Waals surface area contributed by atoms with Gasteiger partial charge in [0.1, 0.15) is 10.8 Å². The quantitative estimate of drug-likeness (QED) is 0.377. The van der Waals surface area contributed by atoms with E-state index in [0.29, 0.717) is 48.8 Å². The van der Waals surface area contributed by atoms with E-state index >= 15 is 0 Å². The highest BCUT2D eigenvalue weighted by Gasteiger charge is 2.22. The van der Waals surface area contributed by atoms with Gasteiger partial charge in [0.2, 0.25) is 17.6 Å². The number of aryl methyl sites for hydroxylation is 2. The van der Waals surface area contributed by atoms with Crippen molar-refractivity contribution < 1.29 is 13.7 Å². The van der Waals surface area contributed by atoms with Gasteiger partial charge in [-0.1, -0.05) is 47.6 Å². The van der Waals surface area contributed by atoms with Gasteiger partial charge in [-0.05, 0) is 18.6 Å². The lowest BCUT2D eigenvalue weighted by molar-refractivity contribution is -0.133. The molecule has 1 saturated heterocycles. The Kier molecular flexibility index (Phi) is 6.96. The molecule has 5 rings (SSSR count). The molecule has 1 fully saturated rings. The predicted molar refractivity (Wildman–Crippen MR) is 132 cm³/mol. The first-order chi connectivity index (χ1) is 17.0. The van der Waals surface area contributed by atoms with Crippen molar-refractivity contribution in [2.45, 2.75) is 26.3 Å². The summed E-state index contributed by atoms with van der Waals surface area (Å²) in [4.78, 5) is 26.0. The summed E-state index contributed by atoms with van der Waals surface area (Å²) >= 11 is 1.66. The van der Waals surface area contributed by atoms with Crippen LogP contribution in [0.5, 0.6) is 0 Å².